The lowest BCUT2D eigenvalue weighted by Gasteiger charge is -2.23. The van der Waals surface area contributed by atoms with Gasteiger partial charge in [-0.25, -0.2) is 0 Å². The van der Waals surface area contributed by atoms with E-state index < -0.39 is 0 Å². The molecule has 0 saturated carbocycles. The second kappa shape index (κ2) is 13.4. The highest BCUT2D eigenvalue weighted by molar-refractivity contribution is 6.25. The highest BCUT2D eigenvalue weighted by Gasteiger charge is 2.37. The van der Waals surface area contributed by atoms with Gasteiger partial charge in [0.2, 0.25) is 0 Å². The summed E-state index contributed by atoms with van der Waals surface area (Å²) in [5, 5.41) is 12.5. The molecule has 0 amide bonds. The first-order valence-electron chi connectivity index (χ1n) is 22.8. The number of benzene rings is 11. The van der Waals surface area contributed by atoms with Gasteiger partial charge in [0, 0.05) is 38.3 Å². The standard InChI is InChI=1S/C63H42N2/c1-63(2)54-27-10-5-24-50(54)62-51(26-16-28-55(62)63)61-49-36-34-40(64-56-29-11-6-20-43(56)44-21-7-12-30-57(44)64)37-52(49)60(47-25-15-18-39-17-3-4-19-42(39)47)48-35-33-41(38-53(48)61)65-58-31-13-8-22-45(58)46-23-9-14-32-59(46)65/h3-38H,1-2H3. The molecule has 2 aromatic heterocycles. The molecule has 1 aliphatic rings. The smallest absolute Gasteiger partial charge is 0.0541 e. The molecule has 1 aliphatic carbocycles. The second-order valence-electron chi connectivity index (χ2n) is 18.4. The summed E-state index contributed by atoms with van der Waals surface area (Å²) in [5.41, 5.74) is 17.4. The quantitative estimate of drug-likeness (QED) is 0.156. The Morgan fingerprint density at radius 3 is 1.25 bits per heavy atom. The predicted molar refractivity (Wildman–Crippen MR) is 276 cm³/mol. The maximum Gasteiger partial charge on any atom is 0.0541 e. The fraction of sp³-hybridized carbons (Fsp3) is 0.0476. The lowest BCUT2D eigenvalue weighted by molar-refractivity contribution is 0.660. The van der Waals surface area contributed by atoms with Crippen LogP contribution in [0.15, 0.2) is 218 Å². The molecule has 0 N–H and O–H groups in total. The van der Waals surface area contributed by atoms with Crippen molar-refractivity contribution in [3.63, 3.8) is 0 Å². The number of hydrogen-bond acceptors (Lipinski definition) is 0. The second-order valence-corrected chi connectivity index (χ2v) is 18.4. The van der Waals surface area contributed by atoms with Crippen LogP contribution in [-0.2, 0) is 5.41 Å². The minimum atomic E-state index is -0.145. The average Bonchev–Trinajstić information content (AvgIpc) is 3.96. The highest BCUT2D eigenvalue weighted by Crippen LogP contribution is 2.55. The predicted octanol–water partition coefficient (Wildman–Crippen LogP) is 17.0. The van der Waals surface area contributed by atoms with E-state index in [1.807, 2.05) is 0 Å². The molecule has 0 bridgehead atoms. The molecule has 0 unspecified atom stereocenters. The molecule has 0 radical (unpaired) electrons. The molecule has 14 rings (SSSR count). The molecule has 11 aromatic carbocycles. The van der Waals surface area contributed by atoms with E-state index in [1.54, 1.807) is 0 Å². The summed E-state index contributed by atoms with van der Waals surface area (Å²) in [6, 6.07) is 81.7. The zero-order chi connectivity index (χ0) is 43.0. The molecule has 65 heavy (non-hydrogen) atoms. The van der Waals surface area contributed by atoms with E-state index >= 15 is 0 Å². The molecule has 0 saturated heterocycles. The van der Waals surface area contributed by atoms with Gasteiger partial charge in [-0.1, -0.05) is 184 Å². The number of hydrogen-bond donors (Lipinski definition) is 0. The molecule has 304 valence electrons. The molecule has 2 heteroatoms. The van der Waals surface area contributed by atoms with E-state index in [0.29, 0.717) is 0 Å². The van der Waals surface area contributed by atoms with Gasteiger partial charge in [-0.3, -0.25) is 0 Å². The van der Waals surface area contributed by atoms with Crippen LogP contribution in [0.1, 0.15) is 25.0 Å². The number of nitrogens with zero attached hydrogens (tertiary/aromatic N) is 2. The van der Waals surface area contributed by atoms with E-state index in [4.69, 9.17) is 0 Å². The Morgan fingerprint density at radius 2 is 0.677 bits per heavy atom. The van der Waals surface area contributed by atoms with Crippen LogP contribution in [0.2, 0.25) is 0 Å². The van der Waals surface area contributed by atoms with E-state index in [1.165, 1.54) is 120 Å². The SMILES string of the molecule is CC1(C)c2ccccc2-c2c(-c3c4cc(-n5c6ccccc6c6ccccc65)ccc4c(-c4cccc5ccccc45)c4cc(-n5c6ccccc6c6ccccc65)ccc34)cccc21. The van der Waals surface area contributed by atoms with Crippen molar-refractivity contribution < 1.29 is 0 Å². The Hall–Kier alpha value is -8.20. The van der Waals surface area contributed by atoms with Gasteiger partial charge in [0.25, 0.3) is 0 Å². The van der Waals surface area contributed by atoms with Crippen LogP contribution >= 0.6 is 0 Å². The lowest BCUT2D eigenvalue weighted by Crippen LogP contribution is -2.14. The first-order valence-corrected chi connectivity index (χ1v) is 22.8. The van der Waals surface area contributed by atoms with E-state index in [-0.39, 0.29) is 5.41 Å². The van der Waals surface area contributed by atoms with E-state index in [0.717, 1.165) is 11.4 Å². The first kappa shape index (κ1) is 36.3. The van der Waals surface area contributed by atoms with Gasteiger partial charge in [0.15, 0.2) is 0 Å². The summed E-state index contributed by atoms with van der Waals surface area (Å²) in [6.45, 7) is 4.78. The Balaban J connectivity index is 1.18. The normalized spacial score (nSPS) is 13.2. The summed E-state index contributed by atoms with van der Waals surface area (Å²) >= 11 is 0. The van der Waals surface area contributed by atoms with Crippen molar-refractivity contribution in [2.75, 3.05) is 0 Å². The van der Waals surface area contributed by atoms with Crippen molar-refractivity contribution in [3.8, 4) is 44.8 Å². The third-order valence-corrected chi connectivity index (χ3v) is 14.7. The van der Waals surface area contributed by atoms with Gasteiger partial charge >= 0.3 is 0 Å². The number of para-hydroxylation sites is 4. The van der Waals surface area contributed by atoms with Crippen molar-refractivity contribution in [1.29, 1.82) is 0 Å². The summed E-state index contributed by atoms with van der Waals surface area (Å²) in [4.78, 5) is 0. The Labute approximate surface area is 376 Å². The summed E-state index contributed by atoms with van der Waals surface area (Å²) in [5.74, 6) is 0. The maximum atomic E-state index is 2.49. The largest absolute Gasteiger partial charge is 0.309 e. The van der Waals surface area contributed by atoms with Crippen LogP contribution in [0.4, 0.5) is 0 Å². The molecule has 0 atom stereocenters. The van der Waals surface area contributed by atoms with Crippen molar-refractivity contribution in [1.82, 2.24) is 9.13 Å². The fourth-order valence-electron chi connectivity index (χ4n) is 11.9. The molecule has 13 aromatic rings. The van der Waals surface area contributed by atoms with Crippen molar-refractivity contribution in [2.24, 2.45) is 0 Å². The summed E-state index contributed by atoms with van der Waals surface area (Å²) in [7, 11) is 0. The summed E-state index contributed by atoms with van der Waals surface area (Å²) < 4.78 is 4.93. The van der Waals surface area contributed by atoms with Gasteiger partial charge in [0.05, 0.1) is 22.1 Å². The minimum absolute atomic E-state index is 0.145. The third kappa shape index (κ3) is 5.00. The van der Waals surface area contributed by atoms with Gasteiger partial charge in [-0.15, -0.1) is 0 Å². The van der Waals surface area contributed by atoms with Gasteiger partial charge in [-0.05, 0) is 125 Å². The Morgan fingerprint density at radius 1 is 0.277 bits per heavy atom. The maximum absolute atomic E-state index is 2.49. The van der Waals surface area contributed by atoms with Crippen LogP contribution in [0, 0.1) is 0 Å². The van der Waals surface area contributed by atoms with E-state index in [9.17, 15) is 0 Å². The summed E-state index contributed by atoms with van der Waals surface area (Å²) in [6.07, 6.45) is 0. The fourth-order valence-corrected chi connectivity index (χ4v) is 11.9. The third-order valence-electron chi connectivity index (χ3n) is 14.7. The Bertz CT molecular complexity index is 4040. The minimum Gasteiger partial charge on any atom is -0.309 e. The van der Waals surface area contributed by atoms with Gasteiger partial charge in [0.1, 0.15) is 0 Å². The zero-order valence-electron chi connectivity index (χ0n) is 36.2. The van der Waals surface area contributed by atoms with Crippen molar-refractivity contribution in [2.45, 2.75) is 19.3 Å². The average molecular weight is 827 g/mol. The Kier molecular flexibility index (Phi) is 7.49. The molecular weight excluding hydrogens is 785 g/mol. The molecule has 2 heterocycles. The molecule has 0 fully saturated rings. The monoisotopic (exact) mass is 826 g/mol. The van der Waals surface area contributed by atoms with Crippen LogP contribution in [0.25, 0.3) is 121 Å². The van der Waals surface area contributed by atoms with Crippen LogP contribution < -0.4 is 0 Å². The molecule has 2 nitrogen and oxygen atoms in total. The van der Waals surface area contributed by atoms with Gasteiger partial charge in [-0.2, -0.15) is 0 Å². The number of fused-ring (bicyclic) bond motifs is 12. The topological polar surface area (TPSA) is 9.86 Å². The van der Waals surface area contributed by atoms with Crippen LogP contribution in [0.5, 0.6) is 0 Å². The van der Waals surface area contributed by atoms with Gasteiger partial charge < -0.3 is 9.13 Å². The van der Waals surface area contributed by atoms with Crippen molar-refractivity contribution in [3.05, 3.63) is 230 Å². The highest BCUT2D eigenvalue weighted by atomic mass is 15.0. The molecular formula is C63H42N2. The van der Waals surface area contributed by atoms with Crippen LogP contribution in [0.3, 0.4) is 0 Å². The number of rotatable bonds is 4. The van der Waals surface area contributed by atoms with E-state index in [2.05, 4.69) is 241 Å². The number of aromatic nitrogens is 2. The lowest BCUT2D eigenvalue weighted by atomic mass is 9.80. The zero-order valence-corrected chi connectivity index (χ0v) is 36.2. The van der Waals surface area contributed by atoms with Crippen molar-refractivity contribution >= 4 is 75.9 Å². The molecule has 0 spiro atoms. The van der Waals surface area contributed by atoms with Crippen LogP contribution in [-0.4, -0.2) is 9.13 Å². The first-order chi connectivity index (χ1) is 32.0. The molecule has 0 aliphatic heterocycles.